The third-order valence-corrected chi connectivity index (χ3v) is 10.7. The van der Waals surface area contributed by atoms with Crippen LogP contribution in [0.25, 0.3) is 111 Å². The van der Waals surface area contributed by atoms with Gasteiger partial charge in [-0.25, -0.2) is 9.97 Å². The Labute approximate surface area is 323 Å². The maximum absolute atomic E-state index is 6.37. The molecule has 0 unspecified atom stereocenters. The van der Waals surface area contributed by atoms with Crippen molar-refractivity contribution in [2.45, 2.75) is 0 Å². The monoisotopic (exact) mass is 716 g/mol. The Balaban J connectivity index is 1.15. The molecule has 3 aromatic heterocycles. The van der Waals surface area contributed by atoms with Gasteiger partial charge in [0, 0.05) is 38.2 Å². The van der Waals surface area contributed by atoms with Crippen molar-refractivity contribution in [1.29, 1.82) is 0 Å². The summed E-state index contributed by atoms with van der Waals surface area (Å²) in [5.41, 5.74) is 14.8. The summed E-state index contributed by atoms with van der Waals surface area (Å²) in [7, 11) is 0. The largest absolute Gasteiger partial charge is 0.456 e. The molecule has 0 atom stereocenters. The van der Waals surface area contributed by atoms with Gasteiger partial charge >= 0.3 is 0 Å². The molecule has 0 radical (unpaired) electrons. The van der Waals surface area contributed by atoms with Crippen molar-refractivity contribution in [2.75, 3.05) is 0 Å². The Morgan fingerprint density at radius 2 is 0.732 bits per heavy atom. The van der Waals surface area contributed by atoms with Gasteiger partial charge in [-0.1, -0.05) is 140 Å². The number of nitrogens with zero attached hydrogens (tertiary/aromatic N) is 2. The average molecular weight is 717 g/mol. The van der Waals surface area contributed by atoms with Crippen molar-refractivity contribution in [1.82, 2.24) is 9.97 Å². The fourth-order valence-corrected chi connectivity index (χ4v) is 8.06. The van der Waals surface area contributed by atoms with E-state index in [1.54, 1.807) is 0 Å². The quantitative estimate of drug-likeness (QED) is 0.172. The molecule has 4 nitrogen and oxygen atoms in total. The van der Waals surface area contributed by atoms with Gasteiger partial charge in [-0.2, -0.15) is 0 Å². The highest BCUT2D eigenvalue weighted by Gasteiger charge is 2.18. The van der Waals surface area contributed by atoms with E-state index in [9.17, 15) is 0 Å². The summed E-state index contributed by atoms with van der Waals surface area (Å²) in [5, 5.41) is 4.42. The van der Waals surface area contributed by atoms with Gasteiger partial charge in [0.25, 0.3) is 0 Å². The number of furan rings is 2. The van der Waals surface area contributed by atoms with Crippen molar-refractivity contribution < 1.29 is 8.83 Å². The van der Waals surface area contributed by atoms with E-state index in [-0.39, 0.29) is 0 Å². The number of hydrogen-bond acceptors (Lipinski definition) is 4. The zero-order valence-electron chi connectivity index (χ0n) is 30.2. The SMILES string of the molecule is c1ccc(-c2cc(-c3cc(-c4cccc(-c5cccc6oc7ccccc7c56)c4)cc(-c4cccc5oc6ccccc6c45)c3)nc(-c3ccccc3)n2)cc1. The molecule has 0 saturated carbocycles. The van der Waals surface area contributed by atoms with Gasteiger partial charge in [-0.15, -0.1) is 0 Å². The van der Waals surface area contributed by atoms with E-state index in [4.69, 9.17) is 18.8 Å². The molecule has 0 spiro atoms. The molecular formula is C52H32N2O2. The molecule has 0 N–H and O–H groups in total. The van der Waals surface area contributed by atoms with Crippen LogP contribution in [-0.2, 0) is 0 Å². The topological polar surface area (TPSA) is 52.1 Å². The Morgan fingerprint density at radius 3 is 1.39 bits per heavy atom. The number of aromatic nitrogens is 2. The maximum atomic E-state index is 6.37. The minimum absolute atomic E-state index is 0.680. The van der Waals surface area contributed by atoms with Crippen LogP contribution in [0.15, 0.2) is 203 Å². The number of hydrogen-bond donors (Lipinski definition) is 0. The van der Waals surface area contributed by atoms with Crippen LogP contribution in [0.2, 0.25) is 0 Å². The van der Waals surface area contributed by atoms with Crippen molar-refractivity contribution in [3.05, 3.63) is 194 Å². The predicted molar refractivity (Wildman–Crippen MR) is 229 cm³/mol. The lowest BCUT2D eigenvalue weighted by Gasteiger charge is -2.14. The standard InChI is InChI=1S/C52H32N2O2/c1-3-14-33(15-4-1)44-32-45(54-52(53-44)34-16-5-2-6-17-34)39-30-37(29-38(31-39)41-23-13-27-49-51(41)43-21-8-10-25-47(43)56-49)35-18-11-19-36(28-35)40-22-12-26-48-50(40)42-20-7-9-24-46(42)55-48/h1-32H. The first kappa shape index (κ1) is 31.9. The van der Waals surface area contributed by atoms with E-state index in [1.165, 1.54) is 0 Å². The normalized spacial score (nSPS) is 11.6. The van der Waals surface area contributed by atoms with Gasteiger partial charge in [-0.3, -0.25) is 0 Å². The van der Waals surface area contributed by atoms with E-state index in [0.717, 1.165) is 105 Å². The van der Waals surface area contributed by atoms with Crippen molar-refractivity contribution in [3.63, 3.8) is 0 Å². The second kappa shape index (κ2) is 13.1. The molecule has 0 aliphatic carbocycles. The number of benzene rings is 8. The second-order valence-electron chi connectivity index (χ2n) is 14.1. The van der Waals surface area contributed by atoms with Crippen molar-refractivity contribution >= 4 is 43.9 Å². The fourth-order valence-electron chi connectivity index (χ4n) is 8.06. The summed E-state index contributed by atoms with van der Waals surface area (Å²) in [5.74, 6) is 0.680. The molecule has 0 amide bonds. The van der Waals surface area contributed by atoms with Gasteiger partial charge in [0.2, 0.25) is 0 Å². The highest BCUT2D eigenvalue weighted by atomic mass is 16.3. The lowest BCUT2D eigenvalue weighted by molar-refractivity contribution is 0.668. The molecular weight excluding hydrogens is 685 g/mol. The van der Waals surface area contributed by atoms with E-state index in [1.807, 2.05) is 66.7 Å². The van der Waals surface area contributed by atoms with E-state index in [2.05, 4.69) is 127 Å². The predicted octanol–water partition coefficient (Wildman–Crippen LogP) is 14.3. The molecule has 0 fully saturated rings. The van der Waals surface area contributed by atoms with Gasteiger partial charge in [-0.05, 0) is 88.0 Å². The lowest BCUT2D eigenvalue weighted by Crippen LogP contribution is -1.96. The molecule has 3 heterocycles. The van der Waals surface area contributed by atoms with Gasteiger partial charge in [0.1, 0.15) is 22.3 Å². The van der Waals surface area contributed by atoms with E-state index >= 15 is 0 Å². The number of fused-ring (bicyclic) bond motifs is 6. The first-order valence-electron chi connectivity index (χ1n) is 18.8. The molecule has 262 valence electrons. The highest BCUT2D eigenvalue weighted by molar-refractivity contribution is 6.14. The summed E-state index contributed by atoms with van der Waals surface area (Å²) in [6, 6.07) is 67.4. The first-order valence-corrected chi connectivity index (χ1v) is 18.8. The van der Waals surface area contributed by atoms with Gasteiger partial charge in [0.05, 0.1) is 11.4 Å². The molecule has 8 aromatic carbocycles. The first-order chi connectivity index (χ1) is 27.7. The zero-order chi connectivity index (χ0) is 37.0. The van der Waals surface area contributed by atoms with Crippen LogP contribution >= 0.6 is 0 Å². The van der Waals surface area contributed by atoms with Crippen LogP contribution in [0.1, 0.15) is 0 Å². The molecule has 0 aliphatic rings. The molecule has 4 heteroatoms. The maximum Gasteiger partial charge on any atom is 0.160 e. The minimum atomic E-state index is 0.680. The zero-order valence-corrected chi connectivity index (χ0v) is 30.2. The summed E-state index contributed by atoms with van der Waals surface area (Å²) in [6.07, 6.45) is 0. The number of rotatable bonds is 6. The van der Waals surface area contributed by atoms with Gasteiger partial charge < -0.3 is 8.83 Å². The van der Waals surface area contributed by atoms with Crippen LogP contribution in [0, 0.1) is 0 Å². The van der Waals surface area contributed by atoms with Crippen molar-refractivity contribution in [2.24, 2.45) is 0 Å². The van der Waals surface area contributed by atoms with Crippen LogP contribution in [0.4, 0.5) is 0 Å². The summed E-state index contributed by atoms with van der Waals surface area (Å²) in [6.45, 7) is 0. The van der Waals surface area contributed by atoms with Crippen LogP contribution in [-0.4, -0.2) is 9.97 Å². The molecule has 11 aromatic rings. The van der Waals surface area contributed by atoms with Crippen LogP contribution < -0.4 is 0 Å². The Morgan fingerprint density at radius 1 is 0.286 bits per heavy atom. The smallest absolute Gasteiger partial charge is 0.160 e. The molecule has 0 saturated heterocycles. The Hall–Kier alpha value is -7.56. The second-order valence-corrected chi connectivity index (χ2v) is 14.1. The molecule has 0 bridgehead atoms. The Bertz CT molecular complexity index is 3190. The van der Waals surface area contributed by atoms with Crippen LogP contribution in [0.5, 0.6) is 0 Å². The van der Waals surface area contributed by atoms with Crippen LogP contribution in [0.3, 0.4) is 0 Å². The van der Waals surface area contributed by atoms with E-state index in [0.29, 0.717) is 5.82 Å². The van der Waals surface area contributed by atoms with Crippen molar-refractivity contribution in [3.8, 4) is 67.3 Å². The molecule has 11 rings (SSSR count). The highest BCUT2D eigenvalue weighted by Crippen LogP contribution is 2.42. The molecule has 56 heavy (non-hydrogen) atoms. The third-order valence-electron chi connectivity index (χ3n) is 10.7. The fraction of sp³-hybridized carbons (Fsp3) is 0. The third kappa shape index (κ3) is 5.47. The summed E-state index contributed by atoms with van der Waals surface area (Å²) in [4.78, 5) is 10.3. The lowest BCUT2D eigenvalue weighted by atomic mass is 9.91. The van der Waals surface area contributed by atoms with E-state index < -0.39 is 0 Å². The average Bonchev–Trinajstić information content (AvgIpc) is 3.86. The van der Waals surface area contributed by atoms with Gasteiger partial charge in [0.15, 0.2) is 5.82 Å². The number of para-hydroxylation sites is 2. The molecule has 0 aliphatic heterocycles. The summed E-state index contributed by atoms with van der Waals surface area (Å²) >= 11 is 0. The minimum Gasteiger partial charge on any atom is -0.456 e. The Kier molecular flexibility index (Phi) is 7.46. The summed E-state index contributed by atoms with van der Waals surface area (Å²) < 4.78 is 12.7.